The summed E-state index contributed by atoms with van der Waals surface area (Å²) in [5.41, 5.74) is 3.63. The van der Waals surface area contributed by atoms with Gasteiger partial charge in [-0.1, -0.05) is 0 Å². The number of methoxy groups -OCH3 is 4. The molecule has 2 aromatic rings. The van der Waals surface area contributed by atoms with Crippen molar-refractivity contribution >= 4 is 34.0 Å². The molecule has 2 rings (SSSR count). The number of carbonyl (C=O) groups is 2. The van der Waals surface area contributed by atoms with Gasteiger partial charge in [-0.25, -0.2) is 5.43 Å². The molecule has 2 N–H and O–H groups in total. The van der Waals surface area contributed by atoms with Crippen LogP contribution in [0, 0.1) is 0 Å². The van der Waals surface area contributed by atoms with Gasteiger partial charge in [0.2, 0.25) is 5.91 Å². The van der Waals surface area contributed by atoms with Gasteiger partial charge >= 0.3 is 0 Å². The molecular weight excluding hydrogens is 482 g/mol. The number of hydrogen-bond donors (Lipinski definition) is 2. The van der Waals surface area contributed by atoms with Gasteiger partial charge in [0, 0.05) is 18.5 Å². The van der Waals surface area contributed by atoms with Crippen molar-refractivity contribution in [1.82, 2.24) is 10.7 Å². The molecule has 0 fully saturated rings. The number of amides is 2. The molecule has 2 aromatic carbocycles. The fourth-order valence-electron chi connectivity index (χ4n) is 2.78. The van der Waals surface area contributed by atoms with Gasteiger partial charge in [0.1, 0.15) is 0 Å². The molecule has 0 spiro atoms. The van der Waals surface area contributed by atoms with Gasteiger partial charge in [-0.15, -0.1) is 0 Å². The van der Waals surface area contributed by atoms with Gasteiger partial charge in [-0.05, 0) is 58.2 Å². The van der Waals surface area contributed by atoms with Crippen LogP contribution in [-0.2, 0) is 4.79 Å². The first-order chi connectivity index (χ1) is 15.4. The molecule has 0 saturated carbocycles. The zero-order chi connectivity index (χ0) is 23.5. The summed E-state index contributed by atoms with van der Waals surface area (Å²) in [4.78, 5) is 24.2. The predicted octanol–water partition coefficient (Wildman–Crippen LogP) is 3.14. The molecule has 0 aliphatic heterocycles. The standard InChI is InChI=1S/C22H26BrN3O6/c1-29-17-8-7-15(12-18(17)30-2)22(28)24-9-5-6-20(27)26-25-13-14-10-16(23)21(32-4)19(11-14)31-3/h7-8,10-13H,5-6,9H2,1-4H3,(H,24,28)(H,26,27)/b25-13+. The highest BCUT2D eigenvalue weighted by Crippen LogP contribution is 2.35. The lowest BCUT2D eigenvalue weighted by molar-refractivity contribution is -0.121. The molecule has 0 aliphatic carbocycles. The smallest absolute Gasteiger partial charge is 0.251 e. The monoisotopic (exact) mass is 507 g/mol. The third-order valence-electron chi connectivity index (χ3n) is 4.37. The second-order valence-corrected chi connectivity index (χ2v) is 7.31. The van der Waals surface area contributed by atoms with Crippen LogP contribution in [0.2, 0.25) is 0 Å². The van der Waals surface area contributed by atoms with E-state index in [1.54, 1.807) is 37.4 Å². The number of ether oxygens (including phenoxy) is 4. The van der Waals surface area contributed by atoms with Crippen LogP contribution in [-0.4, -0.2) is 53.0 Å². The molecule has 32 heavy (non-hydrogen) atoms. The first-order valence-corrected chi connectivity index (χ1v) is 10.5. The minimum atomic E-state index is -0.263. The van der Waals surface area contributed by atoms with E-state index in [0.29, 0.717) is 46.0 Å². The maximum absolute atomic E-state index is 12.3. The highest BCUT2D eigenvalue weighted by molar-refractivity contribution is 9.10. The first-order valence-electron chi connectivity index (χ1n) is 9.67. The number of nitrogens with zero attached hydrogens (tertiary/aromatic N) is 1. The Morgan fingerprint density at radius 1 is 0.969 bits per heavy atom. The van der Waals surface area contributed by atoms with E-state index < -0.39 is 0 Å². The van der Waals surface area contributed by atoms with Crippen LogP contribution >= 0.6 is 15.9 Å². The fraction of sp³-hybridized carbons (Fsp3) is 0.318. The zero-order valence-electron chi connectivity index (χ0n) is 18.4. The van der Waals surface area contributed by atoms with Crippen LogP contribution in [0.5, 0.6) is 23.0 Å². The number of hydrogen-bond acceptors (Lipinski definition) is 7. The minimum absolute atomic E-state index is 0.208. The van der Waals surface area contributed by atoms with Crippen molar-refractivity contribution in [3.8, 4) is 23.0 Å². The lowest BCUT2D eigenvalue weighted by Crippen LogP contribution is -2.26. The zero-order valence-corrected chi connectivity index (χ0v) is 19.9. The van der Waals surface area contributed by atoms with E-state index in [-0.39, 0.29) is 18.2 Å². The third-order valence-corrected chi connectivity index (χ3v) is 4.96. The Kier molecular flexibility index (Phi) is 9.80. The number of benzene rings is 2. The summed E-state index contributed by atoms with van der Waals surface area (Å²) >= 11 is 3.40. The fourth-order valence-corrected chi connectivity index (χ4v) is 3.40. The van der Waals surface area contributed by atoms with Crippen LogP contribution in [0.1, 0.15) is 28.8 Å². The van der Waals surface area contributed by atoms with Gasteiger partial charge in [0.15, 0.2) is 23.0 Å². The third kappa shape index (κ3) is 6.88. The Morgan fingerprint density at radius 3 is 2.34 bits per heavy atom. The van der Waals surface area contributed by atoms with Crippen LogP contribution in [0.3, 0.4) is 0 Å². The molecule has 2 amide bonds. The van der Waals surface area contributed by atoms with Gasteiger partial charge in [-0.3, -0.25) is 9.59 Å². The van der Waals surface area contributed by atoms with Gasteiger partial charge in [0.25, 0.3) is 5.91 Å². The van der Waals surface area contributed by atoms with Crippen LogP contribution in [0.25, 0.3) is 0 Å². The first kappa shape index (κ1) is 25.0. The number of hydrazone groups is 1. The molecular formula is C22H26BrN3O6. The lowest BCUT2D eigenvalue weighted by Gasteiger charge is -2.10. The van der Waals surface area contributed by atoms with Crippen LogP contribution < -0.4 is 29.7 Å². The molecule has 0 aliphatic rings. The van der Waals surface area contributed by atoms with Crippen LogP contribution in [0.4, 0.5) is 0 Å². The molecule has 0 heterocycles. The van der Waals surface area contributed by atoms with Crippen molar-refractivity contribution in [1.29, 1.82) is 0 Å². The minimum Gasteiger partial charge on any atom is -0.493 e. The summed E-state index contributed by atoms with van der Waals surface area (Å²) in [5.74, 6) is 1.61. The Morgan fingerprint density at radius 2 is 1.69 bits per heavy atom. The Bertz CT molecular complexity index is 980. The predicted molar refractivity (Wildman–Crippen MR) is 124 cm³/mol. The topological polar surface area (TPSA) is 107 Å². The molecule has 9 nitrogen and oxygen atoms in total. The highest BCUT2D eigenvalue weighted by Gasteiger charge is 2.11. The summed E-state index contributed by atoms with van der Waals surface area (Å²) < 4.78 is 21.6. The quantitative estimate of drug-likeness (QED) is 0.275. The number of rotatable bonds is 11. The second-order valence-electron chi connectivity index (χ2n) is 6.46. The average molecular weight is 508 g/mol. The Hall–Kier alpha value is -3.27. The van der Waals surface area contributed by atoms with Crippen molar-refractivity contribution < 1.29 is 28.5 Å². The molecule has 0 aromatic heterocycles. The van der Waals surface area contributed by atoms with Crippen molar-refractivity contribution in [3.05, 3.63) is 45.9 Å². The maximum Gasteiger partial charge on any atom is 0.251 e. The second kappa shape index (κ2) is 12.6. The Balaban J connectivity index is 1.78. The molecule has 0 atom stereocenters. The summed E-state index contributed by atoms with van der Waals surface area (Å²) in [6, 6.07) is 8.44. The molecule has 0 saturated heterocycles. The summed E-state index contributed by atoms with van der Waals surface area (Å²) in [7, 11) is 6.12. The molecule has 0 unspecified atom stereocenters. The largest absolute Gasteiger partial charge is 0.493 e. The van der Waals surface area contributed by atoms with Crippen molar-refractivity contribution in [3.63, 3.8) is 0 Å². The van der Waals surface area contributed by atoms with E-state index >= 15 is 0 Å². The lowest BCUT2D eigenvalue weighted by atomic mass is 10.2. The van der Waals surface area contributed by atoms with Gasteiger partial charge < -0.3 is 24.3 Å². The van der Waals surface area contributed by atoms with Crippen molar-refractivity contribution in [2.75, 3.05) is 35.0 Å². The normalized spacial score (nSPS) is 10.5. The number of carbonyl (C=O) groups excluding carboxylic acids is 2. The Labute approximate surface area is 195 Å². The van der Waals surface area contributed by atoms with Crippen LogP contribution in [0.15, 0.2) is 39.9 Å². The van der Waals surface area contributed by atoms with E-state index in [9.17, 15) is 9.59 Å². The maximum atomic E-state index is 12.3. The van der Waals surface area contributed by atoms with Gasteiger partial charge in [0.05, 0.1) is 39.1 Å². The summed E-state index contributed by atoms with van der Waals surface area (Å²) in [5, 5.41) is 6.73. The molecule has 0 radical (unpaired) electrons. The highest BCUT2D eigenvalue weighted by atomic mass is 79.9. The van der Waals surface area contributed by atoms with Crippen molar-refractivity contribution in [2.24, 2.45) is 5.10 Å². The summed E-state index contributed by atoms with van der Waals surface area (Å²) in [6.07, 6.45) is 2.17. The van der Waals surface area contributed by atoms with E-state index in [0.717, 1.165) is 5.56 Å². The van der Waals surface area contributed by atoms with E-state index in [2.05, 4.69) is 31.8 Å². The number of halogens is 1. The molecule has 172 valence electrons. The van der Waals surface area contributed by atoms with E-state index in [4.69, 9.17) is 18.9 Å². The summed E-state index contributed by atoms with van der Waals surface area (Å²) in [6.45, 7) is 0.340. The van der Waals surface area contributed by atoms with E-state index in [1.165, 1.54) is 27.5 Å². The molecule has 0 bridgehead atoms. The van der Waals surface area contributed by atoms with Gasteiger partial charge in [-0.2, -0.15) is 5.10 Å². The SMILES string of the molecule is COc1ccc(C(=O)NCCCC(=O)N/N=C/c2cc(Br)c(OC)c(OC)c2)cc1OC. The molecule has 10 heteroatoms. The number of nitrogens with one attached hydrogen (secondary N) is 2. The van der Waals surface area contributed by atoms with Crippen molar-refractivity contribution in [2.45, 2.75) is 12.8 Å². The average Bonchev–Trinajstić information content (AvgIpc) is 2.80. The van der Waals surface area contributed by atoms with E-state index in [1.807, 2.05) is 0 Å².